The number of fused-ring (bicyclic) bond motifs is 1. The number of hydrogen-bond donors (Lipinski definition) is 0. The minimum atomic E-state index is -0.273. The van der Waals surface area contributed by atoms with Crippen LogP contribution in [0, 0.1) is 6.92 Å². The number of nitrogens with zero attached hydrogens (tertiary/aromatic N) is 4. The van der Waals surface area contributed by atoms with Gasteiger partial charge in [-0.15, -0.1) is 0 Å². The summed E-state index contributed by atoms with van der Waals surface area (Å²) < 4.78 is 13.5. The second-order valence-corrected chi connectivity index (χ2v) is 8.97. The van der Waals surface area contributed by atoms with E-state index in [1.54, 1.807) is 7.11 Å². The van der Waals surface area contributed by atoms with Gasteiger partial charge >= 0.3 is 6.09 Å². The third-order valence-corrected chi connectivity index (χ3v) is 6.72. The Morgan fingerprint density at radius 3 is 2.66 bits per heavy atom. The summed E-state index contributed by atoms with van der Waals surface area (Å²) in [4.78, 5) is 24.0. The Bertz CT molecular complexity index is 1050. The molecular formula is C24H29BrN4O3. The average Bonchev–Trinajstić information content (AvgIpc) is 3.16. The molecule has 0 radical (unpaired) electrons. The van der Waals surface area contributed by atoms with E-state index in [0.29, 0.717) is 19.1 Å². The fourth-order valence-electron chi connectivity index (χ4n) is 4.52. The van der Waals surface area contributed by atoms with Crippen LogP contribution in [-0.2, 0) is 16.0 Å². The maximum Gasteiger partial charge on any atom is 0.410 e. The monoisotopic (exact) mass is 500 g/mol. The summed E-state index contributed by atoms with van der Waals surface area (Å²) in [6.45, 7) is 3.20. The first-order chi connectivity index (χ1) is 15.6. The molecule has 3 aromatic rings. The lowest BCUT2D eigenvalue weighted by Gasteiger charge is -2.36. The summed E-state index contributed by atoms with van der Waals surface area (Å²) in [5, 5.41) is 0. The summed E-state index contributed by atoms with van der Waals surface area (Å²) in [5.41, 5.74) is 3.08. The molecule has 2 aromatic heterocycles. The highest BCUT2D eigenvalue weighted by molar-refractivity contribution is 9.10. The van der Waals surface area contributed by atoms with Crippen LogP contribution in [0.2, 0.25) is 0 Å². The van der Waals surface area contributed by atoms with Crippen molar-refractivity contribution < 1.29 is 14.3 Å². The van der Waals surface area contributed by atoms with Gasteiger partial charge in [-0.05, 0) is 54.1 Å². The van der Waals surface area contributed by atoms with Gasteiger partial charge in [-0.1, -0.05) is 30.3 Å². The van der Waals surface area contributed by atoms with E-state index >= 15 is 0 Å². The number of imidazole rings is 1. The topological polar surface area (TPSA) is 69.0 Å². The number of aromatic nitrogens is 3. The molecule has 0 N–H and O–H groups in total. The van der Waals surface area contributed by atoms with Crippen LogP contribution < -0.4 is 0 Å². The molecule has 170 valence electrons. The van der Waals surface area contributed by atoms with Crippen LogP contribution in [0.25, 0.3) is 5.52 Å². The van der Waals surface area contributed by atoms with E-state index in [4.69, 9.17) is 14.5 Å². The fraction of sp³-hybridized carbons (Fsp3) is 0.458. The molecular weight excluding hydrogens is 472 g/mol. The van der Waals surface area contributed by atoms with Crippen LogP contribution in [0.15, 0.2) is 47.3 Å². The lowest BCUT2D eigenvalue weighted by molar-refractivity contribution is 0.0514. The van der Waals surface area contributed by atoms with Gasteiger partial charge < -0.3 is 14.4 Å². The van der Waals surface area contributed by atoms with Crippen LogP contribution in [0.1, 0.15) is 48.7 Å². The van der Waals surface area contributed by atoms with Crippen molar-refractivity contribution in [2.24, 2.45) is 0 Å². The van der Waals surface area contributed by atoms with E-state index < -0.39 is 0 Å². The van der Waals surface area contributed by atoms with Crippen molar-refractivity contribution in [1.82, 2.24) is 19.3 Å². The molecule has 1 amide bonds. The third-order valence-electron chi connectivity index (χ3n) is 6.17. The van der Waals surface area contributed by atoms with E-state index in [2.05, 4.69) is 25.3 Å². The highest BCUT2D eigenvalue weighted by Crippen LogP contribution is 2.37. The third kappa shape index (κ3) is 4.96. The van der Waals surface area contributed by atoms with E-state index in [9.17, 15) is 4.79 Å². The number of halogens is 1. The summed E-state index contributed by atoms with van der Waals surface area (Å²) in [7, 11) is 1.60. The Morgan fingerprint density at radius 1 is 1.19 bits per heavy atom. The van der Waals surface area contributed by atoms with Gasteiger partial charge in [0.15, 0.2) is 0 Å². The Morgan fingerprint density at radius 2 is 1.94 bits per heavy atom. The van der Waals surface area contributed by atoms with Crippen LogP contribution in [0.4, 0.5) is 4.79 Å². The molecule has 0 bridgehead atoms. The second kappa shape index (κ2) is 10.4. The predicted octanol–water partition coefficient (Wildman–Crippen LogP) is 5.11. The molecule has 1 fully saturated rings. The van der Waals surface area contributed by atoms with Crippen LogP contribution in [-0.4, -0.2) is 51.7 Å². The van der Waals surface area contributed by atoms with Gasteiger partial charge in [0.25, 0.3) is 0 Å². The fourth-order valence-corrected chi connectivity index (χ4v) is 5.18. The predicted molar refractivity (Wildman–Crippen MR) is 126 cm³/mol. The Labute approximate surface area is 196 Å². The van der Waals surface area contributed by atoms with Gasteiger partial charge in [-0.2, -0.15) is 0 Å². The minimum absolute atomic E-state index is 0.138. The van der Waals surface area contributed by atoms with Crippen molar-refractivity contribution in [2.45, 2.75) is 51.1 Å². The number of rotatable bonds is 7. The van der Waals surface area contributed by atoms with Gasteiger partial charge in [-0.25, -0.2) is 9.78 Å². The quantitative estimate of drug-likeness (QED) is 0.421. The number of methoxy groups -OCH3 is 1. The molecule has 1 aromatic carbocycles. The summed E-state index contributed by atoms with van der Waals surface area (Å²) in [6.07, 6.45) is 7.29. The van der Waals surface area contributed by atoms with Crippen molar-refractivity contribution in [2.75, 3.05) is 20.3 Å². The molecule has 1 aliphatic rings. The summed E-state index contributed by atoms with van der Waals surface area (Å²) >= 11 is 3.60. The highest BCUT2D eigenvalue weighted by atomic mass is 79.9. The molecule has 32 heavy (non-hydrogen) atoms. The lowest BCUT2D eigenvalue weighted by Crippen LogP contribution is -2.42. The molecule has 2 heterocycles. The molecule has 0 saturated heterocycles. The molecule has 4 rings (SSSR count). The van der Waals surface area contributed by atoms with Gasteiger partial charge in [-0.3, -0.25) is 9.38 Å². The molecule has 0 atom stereocenters. The number of amides is 1. The van der Waals surface area contributed by atoms with Crippen molar-refractivity contribution in [3.8, 4) is 0 Å². The lowest BCUT2D eigenvalue weighted by atomic mass is 9.84. The van der Waals surface area contributed by atoms with E-state index in [0.717, 1.165) is 52.9 Å². The van der Waals surface area contributed by atoms with E-state index in [1.807, 2.05) is 54.5 Å². The summed E-state index contributed by atoms with van der Waals surface area (Å²) in [5.74, 6) is 1.41. The maximum absolute atomic E-state index is 12.9. The Kier molecular flexibility index (Phi) is 7.42. The van der Waals surface area contributed by atoms with Gasteiger partial charge in [0.05, 0.1) is 12.3 Å². The molecule has 0 spiro atoms. The number of carbonyl (C=O) groups excluding carboxylic acids is 1. The van der Waals surface area contributed by atoms with E-state index in [1.165, 1.54) is 0 Å². The molecule has 1 aliphatic carbocycles. The number of benzene rings is 1. The number of aryl methyl sites for hydroxylation is 1. The zero-order chi connectivity index (χ0) is 22.5. The first-order valence-corrected chi connectivity index (χ1v) is 11.8. The van der Waals surface area contributed by atoms with Crippen molar-refractivity contribution in [3.05, 3.63) is 64.4 Å². The Balaban J connectivity index is 1.48. The second-order valence-electron chi connectivity index (χ2n) is 8.22. The van der Waals surface area contributed by atoms with Gasteiger partial charge in [0.2, 0.25) is 0 Å². The Hall–Kier alpha value is -2.45. The molecule has 7 nitrogen and oxygen atoms in total. The highest BCUT2D eigenvalue weighted by Gasteiger charge is 2.32. The smallest absolute Gasteiger partial charge is 0.410 e. The standard InChI is InChI=1S/C24H29BrN4O3/c1-17-21-22(25)27-23(28(21)13-12-26-17)19-8-10-20(11-9-19)29(24(30)32-15-14-31-2)16-18-6-4-3-5-7-18/h3-7,12-13,19-20H,8-11,14-16H2,1-2H3. The first kappa shape index (κ1) is 22.7. The molecule has 8 heteroatoms. The molecule has 1 saturated carbocycles. The van der Waals surface area contributed by atoms with Crippen LogP contribution in [0.3, 0.4) is 0 Å². The van der Waals surface area contributed by atoms with Crippen LogP contribution in [0.5, 0.6) is 0 Å². The number of hydrogen-bond acceptors (Lipinski definition) is 5. The first-order valence-electron chi connectivity index (χ1n) is 11.0. The zero-order valence-corrected chi connectivity index (χ0v) is 20.1. The zero-order valence-electron chi connectivity index (χ0n) is 18.5. The van der Waals surface area contributed by atoms with Gasteiger partial charge in [0, 0.05) is 38.0 Å². The molecule has 0 unspecified atom stereocenters. The summed E-state index contributed by atoms with van der Waals surface area (Å²) in [6, 6.07) is 10.2. The minimum Gasteiger partial charge on any atom is -0.447 e. The number of carbonyl (C=O) groups is 1. The van der Waals surface area contributed by atoms with Crippen LogP contribution >= 0.6 is 15.9 Å². The van der Waals surface area contributed by atoms with E-state index in [-0.39, 0.29) is 18.7 Å². The maximum atomic E-state index is 12.9. The molecule has 0 aliphatic heterocycles. The largest absolute Gasteiger partial charge is 0.447 e. The van der Waals surface area contributed by atoms with Crippen molar-refractivity contribution >= 4 is 27.5 Å². The van der Waals surface area contributed by atoms with Gasteiger partial charge in [0.1, 0.15) is 22.6 Å². The number of ether oxygens (including phenoxy) is 2. The normalized spacial score (nSPS) is 18.6. The van der Waals surface area contributed by atoms with Crippen molar-refractivity contribution in [1.29, 1.82) is 0 Å². The SMILES string of the molecule is COCCOC(=O)N(Cc1ccccc1)C1CCC(c2nc(Br)c3c(C)nccn23)CC1. The van der Waals surface area contributed by atoms with Crippen molar-refractivity contribution in [3.63, 3.8) is 0 Å². The average molecular weight is 501 g/mol.